The third-order valence-corrected chi connectivity index (χ3v) is 3.59. The van der Waals surface area contributed by atoms with Crippen LogP contribution in [0.2, 0.25) is 0 Å². The summed E-state index contributed by atoms with van der Waals surface area (Å²) in [4.78, 5) is 22.4. The second-order valence-electron chi connectivity index (χ2n) is 5.08. The summed E-state index contributed by atoms with van der Waals surface area (Å²) >= 11 is 0. The Morgan fingerprint density at radius 3 is 2.86 bits per heavy atom. The van der Waals surface area contributed by atoms with Gasteiger partial charge in [0, 0.05) is 23.9 Å². The first-order valence-electron chi connectivity index (χ1n) is 6.54. The number of benzene rings is 1. The van der Waals surface area contributed by atoms with Crippen LogP contribution in [-0.2, 0) is 0 Å². The van der Waals surface area contributed by atoms with E-state index in [-0.39, 0.29) is 41.3 Å². The van der Waals surface area contributed by atoms with Gasteiger partial charge < -0.3 is 16.4 Å². The zero-order chi connectivity index (χ0) is 14.7. The van der Waals surface area contributed by atoms with Crippen molar-refractivity contribution in [3.63, 3.8) is 0 Å². The molecule has 21 heavy (non-hydrogen) atoms. The lowest BCUT2D eigenvalue weighted by atomic mass is 9.95. The fourth-order valence-electron chi connectivity index (χ4n) is 2.33. The molecule has 116 valence electrons. The van der Waals surface area contributed by atoms with Crippen LogP contribution in [0.5, 0.6) is 0 Å². The van der Waals surface area contributed by atoms with Crippen molar-refractivity contribution in [2.75, 3.05) is 18.8 Å². The number of halogens is 1. The summed E-state index contributed by atoms with van der Waals surface area (Å²) in [7, 11) is 0. The highest BCUT2D eigenvalue weighted by atomic mass is 35.5. The topological polar surface area (TPSA) is 110 Å². The Morgan fingerprint density at radius 1 is 1.52 bits per heavy atom. The first kappa shape index (κ1) is 17.2. The molecule has 1 amide bonds. The van der Waals surface area contributed by atoms with E-state index in [0.717, 1.165) is 19.5 Å². The molecule has 0 aliphatic carbocycles. The number of nitro benzene ring substituents is 1. The molecule has 2 atom stereocenters. The van der Waals surface area contributed by atoms with E-state index < -0.39 is 4.92 Å². The molecule has 1 aliphatic heterocycles. The van der Waals surface area contributed by atoms with Crippen LogP contribution in [0.15, 0.2) is 18.2 Å². The van der Waals surface area contributed by atoms with Crippen molar-refractivity contribution < 1.29 is 9.72 Å². The number of carbonyl (C=O) groups is 1. The molecular weight excluding hydrogens is 296 g/mol. The number of piperidine rings is 1. The Labute approximate surface area is 128 Å². The van der Waals surface area contributed by atoms with E-state index in [1.165, 1.54) is 18.2 Å². The monoisotopic (exact) mass is 314 g/mol. The number of amides is 1. The molecule has 0 bridgehead atoms. The fourth-order valence-corrected chi connectivity index (χ4v) is 2.33. The molecular formula is C13H19ClN4O3. The molecule has 0 spiro atoms. The summed E-state index contributed by atoms with van der Waals surface area (Å²) in [6.07, 6.45) is 0.835. The molecule has 1 aromatic rings. The number of carbonyl (C=O) groups excluding carboxylic acids is 1. The van der Waals surface area contributed by atoms with E-state index in [1.54, 1.807) is 0 Å². The van der Waals surface area contributed by atoms with Gasteiger partial charge in [0.2, 0.25) is 0 Å². The minimum Gasteiger partial charge on any atom is -0.398 e. The van der Waals surface area contributed by atoms with Crippen molar-refractivity contribution in [1.82, 2.24) is 10.6 Å². The predicted molar refractivity (Wildman–Crippen MR) is 82.7 cm³/mol. The number of rotatable bonds is 3. The molecule has 1 heterocycles. The molecule has 1 aliphatic rings. The van der Waals surface area contributed by atoms with Crippen LogP contribution < -0.4 is 16.4 Å². The molecule has 1 fully saturated rings. The summed E-state index contributed by atoms with van der Waals surface area (Å²) in [5, 5.41) is 16.9. The van der Waals surface area contributed by atoms with Gasteiger partial charge >= 0.3 is 0 Å². The lowest BCUT2D eigenvalue weighted by Gasteiger charge is -2.30. The Hall–Kier alpha value is -1.86. The van der Waals surface area contributed by atoms with Crippen LogP contribution in [0.4, 0.5) is 11.4 Å². The molecule has 0 radical (unpaired) electrons. The molecule has 4 N–H and O–H groups in total. The summed E-state index contributed by atoms with van der Waals surface area (Å²) in [5.41, 5.74) is 6.00. The standard InChI is InChI=1S/C13H18N4O3.ClH/c1-8-7-15-5-4-12(8)16-13(18)10-6-9(17(19)20)2-3-11(10)14;/h2-3,6,8,12,15H,4-5,7,14H2,1H3,(H,16,18);1H. The molecule has 8 heteroatoms. The van der Waals surface area contributed by atoms with Crippen LogP contribution in [-0.4, -0.2) is 30.0 Å². The largest absolute Gasteiger partial charge is 0.398 e. The molecule has 2 unspecified atom stereocenters. The van der Waals surface area contributed by atoms with E-state index in [4.69, 9.17) is 5.73 Å². The van der Waals surface area contributed by atoms with Gasteiger partial charge in [0.25, 0.3) is 11.6 Å². The summed E-state index contributed by atoms with van der Waals surface area (Å²) < 4.78 is 0. The third-order valence-electron chi connectivity index (χ3n) is 3.59. The predicted octanol–water partition coefficient (Wildman–Crippen LogP) is 1.33. The van der Waals surface area contributed by atoms with E-state index in [0.29, 0.717) is 5.92 Å². The summed E-state index contributed by atoms with van der Waals surface area (Å²) in [5.74, 6) is -0.0439. The Balaban J connectivity index is 0.00000220. The van der Waals surface area contributed by atoms with Crippen LogP contribution in [0.25, 0.3) is 0 Å². The SMILES string of the molecule is CC1CNCCC1NC(=O)c1cc([N+](=O)[O-])ccc1N.Cl. The average Bonchev–Trinajstić information content (AvgIpc) is 2.41. The van der Waals surface area contributed by atoms with E-state index in [2.05, 4.69) is 10.6 Å². The van der Waals surface area contributed by atoms with Crippen molar-refractivity contribution in [1.29, 1.82) is 0 Å². The van der Waals surface area contributed by atoms with Crippen molar-refractivity contribution in [3.8, 4) is 0 Å². The van der Waals surface area contributed by atoms with Gasteiger partial charge in [-0.2, -0.15) is 0 Å². The molecule has 2 rings (SSSR count). The number of non-ortho nitro benzene ring substituents is 1. The van der Waals surface area contributed by atoms with E-state index in [1.807, 2.05) is 6.92 Å². The third kappa shape index (κ3) is 4.05. The van der Waals surface area contributed by atoms with Gasteiger partial charge in [-0.05, 0) is 31.5 Å². The molecule has 0 aromatic heterocycles. The highest BCUT2D eigenvalue weighted by Crippen LogP contribution is 2.20. The minimum absolute atomic E-state index is 0. The number of nitrogens with one attached hydrogen (secondary N) is 2. The lowest BCUT2D eigenvalue weighted by molar-refractivity contribution is -0.384. The zero-order valence-electron chi connectivity index (χ0n) is 11.7. The Morgan fingerprint density at radius 2 is 2.24 bits per heavy atom. The Kier molecular flexibility index (Phi) is 5.92. The number of hydrogen-bond donors (Lipinski definition) is 3. The van der Waals surface area contributed by atoms with Crippen LogP contribution in [0.3, 0.4) is 0 Å². The van der Waals surface area contributed by atoms with Gasteiger partial charge in [-0.1, -0.05) is 6.92 Å². The number of hydrogen-bond acceptors (Lipinski definition) is 5. The van der Waals surface area contributed by atoms with Gasteiger partial charge in [-0.25, -0.2) is 0 Å². The van der Waals surface area contributed by atoms with Crippen molar-refractivity contribution in [3.05, 3.63) is 33.9 Å². The Bertz CT molecular complexity index is 538. The van der Waals surface area contributed by atoms with Crippen LogP contribution >= 0.6 is 12.4 Å². The van der Waals surface area contributed by atoms with Gasteiger partial charge in [0.1, 0.15) is 0 Å². The molecule has 7 nitrogen and oxygen atoms in total. The van der Waals surface area contributed by atoms with Gasteiger partial charge in [-0.3, -0.25) is 14.9 Å². The number of nitro groups is 1. The maximum Gasteiger partial charge on any atom is 0.270 e. The normalized spacial score (nSPS) is 21.2. The van der Waals surface area contributed by atoms with Crippen LogP contribution in [0.1, 0.15) is 23.7 Å². The van der Waals surface area contributed by atoms with Crippen molar-refractivity contribution >= 4 is 29.7 Å². The van der Waals surface area contributed by atoms with E-state index >= 15 is 0 Å². The van der Waals surface area contributed by atoms with Gasteiger partial charge in [-0.15, -0.1) is 12.4 Å². The van der Waals surface area contributed by atoms with Crippen LogP contribution in [0, 0.1) is 16.0 Å². The van der Waals surface area contributed by atoms with Gasteiger partial charge in [0.05, 0.1) is 10.5 Å². The quantitative estimate of drug-likeness (QED) is 0.443. The fraction of sp³-hybridized carbons (Fsp3) is 0.462. The number of nitrogens with two attached hydrogens (primary N) is 1. The van der Waals surface area contributed by atoms with E-state index in [9.17, 15) is 14.9 Å². The maximum absolute atomic E-state index is 12.2. The summed E-state index contributed by atoms with van der Waals surface area (Å²) in [6, 6.07) is 3.96. The van der Waals surface area contributed by atoms with Crippen molar-refractivity contribution in [2.24, 2.45) is 5.92 Å². The summed E-state index contributed by atoms with van der Waals surface area (Å²) in [6.45, 7) is 3.74. The smallest absolute Gasteiger partial charge is 0.270 e. The molecule has 1 saturated heterocycles. The zero-order valence-corrected chi connectivity index (χ0v) is 12.5. The second kappa shape index (κ2) is 7.24. The maximum atomic E-state index is 12.2. The van der Waals surface area contributed by atoms with Crippen molar-refractivity contribution in [2.45, 2.75) is 19.4 Å². The average molecular weight is 315 g/mol. The highest BCUT2D eigenvalue weighted by molar-refractivity contribution is 6.00. The van der Waals surface area contributed by atoms with Gasteiger partial charge in [0.15, 0.2) is 0 Å². The lowest BCUT2D eigenvalue weighted by Crippen LogP contribution is -2.48. The first-order chi connectivity index (χ1) is 9.49. The minimum atomic E-state index is -0.538. The number of anilines is 1. The number of nitrogen functional groups attached to an aromatic ring is 1. The second-order valence-corrected chi connectivity index (χ2v) is 5.08. The first-order valence-corrected chi connectivity index (χ1v) is 6.54. The number of nitrogens with zero attached hydrogens (tertiary/aromatic N) is 1. The molecule has 0 saturated carbocycles. The highest BCUT2D eigenvalue weighted by Gasteiger charge is 2.24. The molecule has 1 aromatic carbocycles.